The zero-order valence-corrected chi connectivity index (χ0v) is 11.9. The van der Waals surface area contributed by atoms with Crippen LogP contribution in [-0.2, 0) is 6.54 Å². The van der Waals surface area contributed by atoms with E-state index < -0.39 is 0 Å². The minimum absolute atomic E-state index is 0.627. The van der Waals surface area contributed by atoms with Crippen LogP contribution in [0.15, 0.2) is 30.6 Å². The van der Waals surface area contributed by atoms with Crippen LogP contribution in [0, 0.1) is 6.92 Å². The maximum atomic E-state index is 5.44. The van der Waals surface area contributed by atoms with Crippen molar-refractivity contribution in [3.8, 4) is 5.75 Å². The molecule has 2 rings (SSSR count). The van der Waals surface area contributed by atoms with Crippen LogP contribution >= 0.6 is 0 Å². The maximum Gasteiger partial charge on any atom is 0.148 e. The molecule has 106 valence electrons. The summed E-state index contributed by atoms with van der Waals surface area (Å²) >= 11 is 0. The number of methoxy groups -OCH3 is 1. The summed E-state index contributed by atoms with van der Waals surface area (Å²) in [5.74, 6) is 7.76. The Morgan fingerprint density at radius 3 is 2.75 bits per heavy atom. The van der Waals surface area contributed by atoms with E-state index in [4.69, 9.17) is 10.6 Å². The summed E-state index contributed by atoms with van der Waals surface area (Å²) in [6.07, 6.45) is 1.50. The van der Waals surface area contributed by atoms with Crippen molar-refractivity contribution in [3.63, 3.8) is 0 Å². The number of para-hydroxylation sites is 1. The summed E-state index contributed by atoms with van der Waals surface area (Å²) in [5.41, 5.74) is 4.58. The number of anilines is 2. The van der Waals surface area contributed by atoms with Crippen LogP contribution in [0.3, 0.4) is 0 Å². The van der Waals surface area contributed by atoms with Crippen LogP contribution in [0.2, 0.25) is 0 Å². The molecule has 2 aromatic rings. The van der Waals surface area contributed by atoms with Crippen molar-refractivity contribution in [2.75, 3.05) is 24.5 Å². The number of hydrazine groups is 1. The van der Waals surface area contributed by atoms with E-state index in [1.807, 2.05) is 43.1 Å². The summed E-state index contributed by atoms with van der Waals surface area (Å²) in [7, 11) is 3.65. The molecule has 0 aliphatic heterocycles. The fourth-order valence-electron chi connectivity index (χ4n) is 2.14. The van der Waals surface area contributed by atoms with Crippen molar-refractivity contribution in [2.24, 2.45) is 5.84 Å². The Kier molecular flexibility index (Phi) is 4.37. The molecule has 0 aliphatic carbocycles. The standard InChI is InChI=1S/C14H19N5O/c1-10-13(18-15)16-9-17-14(10)19(2)8-11-6-4-5-7-12(11)20-3/h4-7,9H,8,15H2,1-3H3,(H,16,17,18). The summed E-state index contributed by atoms with van der Waals surface area (Å²) < 4.78 is 5.37. The molecule has 6 nitrogen and oxygen atoms in total. The number of nitrogens with two attached hydrogens (primary N) is 1. The number of benzene rings is 1. The van der Waals surface area contributed by atoms with Gasteiger partial charge in [0.1, 0.15) is 23.7 Å². The molecule has 0 spiro atoms. The number of nitrogen functional groups attached to an aromatic ring is 1. The van der Waals surface area contributed by atoms with Crippen LogP contribution in [0.25, 0.3) is 0 Å². The molecule has 1 heterocycles. The van der Waals surface area contributed by atoms with E-state index in [9.17, 15) is 0 Å². The minimum atomic E-state index is 0.627. The zero-order chi connectivity index (χ0) is 14.5. The van der Waals surface area contributed by atoms with E-state index in [0.29, 0.717) is 12.4 Å². The number of hydrogen-bond donors (Lipinski definition) is 2. The summed E-state index contributed by atoms with van der Waals surface area (Å²) in [6.45, 7) is 2.62. The van der Waals surface area contributed by atoms with Crippen LogP contribution in [0.4, 0.5) is 11.6 Å². The maximum absolute atomic E-state index is 5.44. The lowest BCUT2D eigenvalue weighted by molar-refractivity contribution is 0.409. The van der Waals surface area contributed by atoms with Gasteiger partial charge in [0.2, 0.25) is 0 Å². The van der Waals surface area contributed by atoms with Gasteiger partial charge in [0, 0.05) is 24.7 Å². The minimum Gasteiger partial charge on any atom is -0.496 e. The molecule has 0 aliphatic rings. The van der Waals surface area contributed by atoms with E-state index in [2.05, 4.69) is 15.4 Å². The molecule has 0 atom stereocenters. The fraction of sp³-hybridized carbons (Fsp3) is 0.286. The number of ether oxygens (including phenoxy) is 1. The van der Waals surface area contributed by atoms with Crippen molar-refractivity contribution in [2.45, 2.75) is 13.5 Å². The van der Waals surface area contributed by atoms with Gasteiger partial charge in [-0.1, -0.05) is 18.2 Å². The molecule has 0 radical (unpaired) electrons. The van der Waals surface area contributed by atoms with Crippen LogP contribution in [-0.4, -0.2) is 24.1 Å². The van der Waals surface area contributed by atoms with Crippen molar-refractivity contribution in [1.29, 1.82) is 0 Å². The lowest BCUT2D eigenvalue weighted by atomic mass is 10.2. The Morgan fingerprint density at radius 1 is 1.30 bits per heavy atom. The number of nitrogens with one attached hydrogen (secondary N) is 1. The monoisotopic (exact) mass is 273 g/mol. The summed E-state index contributed by atoms with van der Waals surface area (Å²) in [4.78, 5) is 10.4. The van der Waals surface area contributed by atoms with Gasteiger partial charge in [0.15, 0.2) is 0 Å². The SMILES string of the molecule is COc1ccccc1CN(C)c1ncnc(NN)c1C. The predicted octanol–water partition coefficient (Wildman–Crippen LogP) is 1.72. The molecule has 0 saturated carbocycles. The lowest BCUT2D eigenvalue weighted by Gasteiger charge is -2.22. The first-order valence-electron chi connectivity index (χ1n) is 6.28. The highest BCUT2D eigenvalue weighted by Crippen LogP contribution is 2.24. The van der Waals surface area contributed by atoms with Gasteiger partial charge in [0.05, 0.1) is 7.11 Å². The number of rotatable bonds is 5. The molecule has 3 N–H and O–H groups in total. The van der Waals surface area contributed by atoms with E-state index in [1.165, 1.54) is 6.33 Å². The van der Waals surface area contributed by atoms with Gasteiger partial charge in [-0.15, -0.1) is 0 Å². The summed E-state index contributed by atoms with van der Waals surface area (Å²) in [5, 5.41) is 0. The third-order valence-corrected chi connectivity index (χ3v) is 3.16. The molecule has 0 amide bonds. The Bertz CT molecular complexity index is 588. The van der Waals surface area contributed by atoms with Gasteiger partial charge in [-0.2, -0.15) is 0 Å². The second-order valence-electron chi connectivity index (χ2n) is 4.48. The Balaban J connectivity index is 2.26. The average Bonchev–Trinajstić information content (AvgIpc) is 2.48. The first-order chi connectivity index (χ1) is 9.67. The average molecular weight is 273 g/mol. The van der Waals surface area contributed by atoms with Gasteiger partial charge in [0.25, 0.3) is 0 Å². The second-order valence-corrected chi connectivity index (χ2v) is 4.48. The first kappa shape index (κ1) is 14.1. The van der Waals surface area contributed by atoms with Crippen LogP contribution in [0.5, 0.6) is 5.75 Å². The largest absolute Gasteiger partial charge is 0.496 e. The Labute approximate surface area is 118 Å². The second kappa shape index (κ2) is 6.21. The first-order valence-corrected chi connectivity index (χ1v) is 6.28. The highest BCUT2D eigenvalue weighted by Gasteiger charge is 2.12. The highest BCUT2D eigenvalue weighted by atomic mass is 16.5. The van der Waals surface area contributed by atoms with Gasteiger partial charge in [-0.05, 0) is 13.0 Å². The van der Waals surface area contributed by atoms with Gasteiger partial charge in [-0.25, -0.2) is 15.8 Å². The fourth-order valence-corrected chi connectivity index (χ4v) is 2.14. The normalized spacial score (nSPS) is 10.2. The van der Waals surface area contributed by atoms with Crippen molar-refractivity contribution in [3.05, 3.63) is 41.7 Å². The molecule has 6 heteroatoms. The number of nitrogens with zero attached hydrogens (tertiary/aromatic N) is 3. The van der Waals surface area contributed by atoms with Gasteiger partial charge >= 0.3 is 0 Å². The highest BCUT2D eigenvalue weighted by molar-refractivity contribution is 5.57. The molecule has 1 aromatic carbocycles. The molecule has 20 heavy (non-hydrogen) atoms. The van der Waals surface area contributed by atoms with Crippen LogP contribution in [0.1, 0.15) is 11.1 Å². The number of aromatic nitrogens is 2. The van der Waals surface area contributed by atoms with Gasteiger partial charge in [-0.3, -0.25) is 0 Å². The molecule has 0 bridgehead atoms. The Hall–Kier alpha value is -2.34. The molecule has 0 unspecified atom stereocenters. The molecular formula is C14H19N5O. The van der Waals surface area contributed by atoms with Gasteiger partial charge < -0.3 is 15.1 Å². The topological polar surface area (TPSA) is 76.3 Å². The quantitative estimate of drug-likeness (QED) is 0.638. The van der Waals surface area contributed by atoms with Crippen molar-refractivity contribution in [1.82, 2.24) is 9.97 Å². The van der Waals surface area contributed by atoms with Crippen molar-refractivity contribution >= 4 is 11.6 Å². The third-order valence-electron chi connectivity index (χ3n) is 3.16. The zero-order valence-electron chi connectivity index (χ0n) is 11.9. The van der Waals surface area contributed by atoms with Crippen LogP contribution < -0.4 is 20.9 Å². The molecule has 0 saturated heterocycles. The molecule has 0 fully saturated rings. The Morgan fingerprint density at radius 2 is 2.05 bits per heavy atom. The van der Waals surface area contributed by atoms with Crippen molar-refractivity contribution < 1.29 is 4.74 Å². The molecule has 1 aromatic heterocycles. The van der Waals surface area contributed by atoms with E-state index in [-0.39, 0.29) is 0 Å². The number of hydrogen-bond acceptors (Lipinski definition) is 6. The van der Waals surface area contributed by atoms with E-state index >= 15 is 0 Å². The predicted molar refractivity (Wildman–Crippen MR) is 79.7 cm³/mol. The van der Waals surface area contributed by atoms with E-state index in [0.717, 1.165) is 22.7 Å². The molecular weight excluding hydrogens is 254 g/mol. The smallest absolute Gasteiger partial charge is 0.148 e. The van der Waals surface area contributed by atoms with E-state index in [1.54, 1.807) is 7.11 Å². The third kappa shape index (κ3) is 2.80. The summed E-state index contributed by atoms with van der Waals surface area (Å²) in [6, 6.07) is 7.93. The lowest BCUT2D eigenvalue weighted by Crippen LogP contribution is -2.21.